The zero-order chi connectivity index (χ0) is 11.5. The molecule has 0 radical (unpaired) electrons. The van der Waals surface area contributed by atoms with Gasteiger partial charge in [0.2, 0.25) is 0 Å². The Kier molecular flexibility index (Phi) is 3.98. The molecular formula is C13H23NO2. The minimum Gasteiger partial charge on any atom is -0.379 e. The lowest BCUT2D eigenvalue weighted by molar-refractivity contribution is -0.124. The molecule has 92 valence electrons. The van der Waals surface area contributed by atoms with E-state index in [0.29, 0.717) is 23.7 Å². The van der Waals surface area contributed by atoms with Gasteiger partial charge in [0.05, 0.1) is 13.2 Å². The molecule has 0 amide bonds. The van der Waals surface area contributed by atoms with Crippen LogP contribution < -0.4 is 0 Å². The Bertz CT molecular complexity index is 248. The number of nitrogens with zero attached hydrogens (tertiary/aromatic N) is 1. The quantitative estimate of drug-likeness (QED) is 0.716. The fourth-order valence-corrected chi connectivity index (χ4v) is 3.14. The van der Waals surface area contributed by atoms with Gasteiger partial charge in [-0.3, -0.25) is 9.69 Å². The first-order valence-corrected chi connectivity index (χ1v) is 6.50. The number of carbonyl (C=O) groups is 1. The van der Waals surface area contributed by atoms with Crippen LogP contribution in [0.5, 0.6) is 0 Å². The largest absolute Gasteiger partial charge is 0.379 e. The van der Waals surface area contributed by atoms with Crippen molar-refractivity contribution in [1.29, 1.82) is 0 Å². The van der Waals surface area contributed by atoms with Crippen LogP contribution in [0.4, 0.5) is 0 Å². The molecule has 1 saturated heterocycles. The summed E-state index contributed by atoms with van der Waals surface area (Å²) in [6.07, 6.45) is 3.52. The predicted molar refractivity (Wildman–Crippen MR) is 63.4 cm³/mol. The maximum Gasteiger partial charge on any atom is 0.133 e. The third-order valence-corrected chi connectivity index (χ3v) is 4.25. The van der Waals surface area contributed by atoms with Gasteiger partial charge in [0, 0.05) is 25.0 Å². The Labute approximate surface area is 98.1 Å². The van der Waals surface area contributed by atoms with Crippen LogP contribution in [0.25, 0.3) is 0 Å². The van der Waals surface area contributed by atoms with Gasteiger partial charge in [0.15, 0.2) is 0 Å². The molecule has 0 aromatic heterocycles. The average Bonchev–Trinajstić information content (AvgIpc) is 2.30. The van der Waals surface area contributed by atoms with Crippen molar-refractivity contribution in [3.8, 4) is 0 Å². The molecule has 2 fully saturated rings. The lowest BCUT2D eigenvalue weighted by atomic mass is 9.75. The van der Waals surface area contributed by atoms with Gasteiger partial charge >= 0.3 is 0 Å². The molecule has 3 atom stereocenters. The van der Waals surface area contributed by atoms with Crippen LogP contribution in [0.2, 0.25) is 0 Å². The first-order chi connectivity index (χ1) is 7.68. The van der Waals surface area contributed by atoms with Gasteiger partial charge in [0.25, 0.3) is 0 Å². The van der Waals surface area contributed by atoms with Crippen molar-refractivity contribution >= 4 is 5.78 Å². The summed E-state index contributed by atoms with van der Waals surface area (Å²) in [7, 11) is 0. The summed E-state index contributed by atoms with van der Waals surface area (Å²) in [6, 6.07) is 0.619. The van der Waals surface area contributed by atoms with E-state index in [9.17, 15) is 4.79 Å². The highest BCUT2D eigenvalue weighted by atomic mass is 16.5. The van der Waals surface area contributed by atoms with E-state index in [1.54, 1.807) is 6.92 Å². The molecule has 0 aromatic rings. The predicted octanol–water partition coefficient (Wildman–Crippen LogP) is 1.71. The number of hydrogen-bond donors (Lipinski definition) is 0. The second-order valence-electron chi connectivity index (χ2n) is 5.31. The Balaban J connectivity index is 1.93. The molecule has 1 aliphatic heterocycles. The number of morpholine rings is 1. The zero-order valence-corrected chi connectivity index (χ0v) is 10.4. The molecule has 2 rings (SSSR count). The normalized spacial score (nSPS) is 37.2. The zero-order valence-electron chi connectivity index (χ0n) is 10.4. The fraction of sp³-hybridized carbons (Fsp3) is 0.923. The van der Waals surface area contributed by atoms with E-state index in [4.69, 9.17) is 4.74 Å². The Morgan fingerprint density at radius 1 is 1.25 bits per heavy atom. The third kappa shape index (κ3) is 2.64. The molecular weight excluding hydrogens is 202 g/mol. The van der Waals surface area contributed by atoms with Crippen molar-refractivity contribution in [1.82, 2.24) is 4.90 Å². The van der Waals surface area contributed by atoms with Crippen molar-refractivity contribution < 1.29 is 9.53 Å². The van der Waals surface area contributed by atoms with E-state index in [-0.39, 0.29) is 0 Å². The van der Waals surface area contributed by atoms with Crippen molar-refractivity contribution in [3.63, 3.8) is 0 Å². The molecule has 1 heterocycles. The van der Waals surface area contributed by atoms with Gasteiger partial charge in [-0.25, -0.2) is 0 Å². The van der Waals surface area contributed by atoms with Gasteiger partial charge in [-0.05, 0) is 32.1 Å². The van der Waals surface area contributed by atoms with Gasteiger partial charge in [-0.1, -0.05) is 6.92 Å². The molecule has 16 heavy (non-hydrogen) atoms. The number of ether oxygens (including phenoxy) is 1. The number of rotatable bonds is 2. The maximum absolute atomic E-state index is 11.6. The van der Waals surface area contributed by atoms with Crippen molar-refractivity contribution in [2.75, 3.05) is 26.3 Å². The highest BCUT2D eigenvalue weighted by molar-refractivity contribution is 5.78. The summed E-state index contributed by atoms with van der Waals surface area (Å²) in [5.74, 6) is 1.25. The number of hydrogen-bond acceptors (Lipinski definition) is 3. The number of carbonyl (C=O) groups excluding carboxylic acids is 1. The van der Waals surface area contributed by atoms with E-state index in [1.807, 2.05) is 0 Å². The molecule has 3 unspecified atom stereocenters. The molecule has 1 saturated carbocycles. The van der Waals surface area contributed by atoms with E-state index in [1.165, 1.54) is 12.8 Å². The summed E-state index contributed by atoms with van der Waals surface area (Å²) in [4.78, 5) is 14.1. The van der Waals surface area contributed by atoms with Crippen LogP contribution in [0, 0.1) is 11.8 Å². The maximum atomic E-state index is 11.6. The first kappa shape index (κ1) is 12.1. The van der Waals surface area contributed by atoms with Crippen LogP contribution in [0.15, 0.2) is 0 Å². The van der Waals surface area contributed by atoms with Crippen LogP contribution in [0.1, 0.15) is 33.1 Å². The average molecular weight is 225 g/mol. The molecule has 1 aliphatic carbocycles. The minimum absolute atomic E-state index is 0.293. The van der Waals surface area contributed by atoms with Gasteiger partial charge in [-0.2, -0.15) is 0 Å². The summed E-state index contributed by atoms with van der Waals surface area (Å²) in [5.41, 5.74) is 0. The van der Waals surface area contributed by atoms with Crippen LogP contribution in [-0.4, -0.2) is 43.0 Å². The molecule has 0 bridgehead atoms. The van der Waals surface area contributed by atoms with Gasteiger partial charge in [0.1, 0.15) is 5.78 Å². The van der Waals surface area contributed by atoms with Crippen LogP contribution >= 0.6 is 0 Å². The highest BCUT2D eigenvalue weighted by Crippen LogP contribution is 2.33. The molecule has 0 N–H and O–H groups in total. The van der Waals surface area contributed by atoms with Crippen LogP contribution in [-0.2, 0) is 9.53 Å². The van der Waals surface area contributed by atoms with E-state index < -0.39 is 0 Å². The summed E-state index contributed by atoms with van der Waals surface area (Å²) in [6.45, 7) is 7.78. The standard InChI is InChI=1S/C13H23NO2/c1-10-3-4-12(9-13(10)11(2)15)14-5-7-16-8-6-14/h10,12-13H,3-9H2,1-2H3. The van der Waals surface area contributed by atoms with Crippen LogP contribution in [0.3, 0.4) is 0 Å². The molecule has 3 nitrogen and oxygen atoms in total. The topological polar surface area (TPSA) is 29.5 Å². The Morgan fingerprint density at radius 3 is 2.56 bits per heavy atom. The van der Waals surface area contributed by atoms with Crippen molar-refractivity contribution in [3.05, 3.63) is 0 Å². The summed E-state index contributed by atoms with van der Waals surface area (Å²) >= 11 is 0. The van der Waals surface area contributed by atoms with Crippen molar-refractivity contribution in [2.24, 2.45) is 11.8 Å². The van der Waals surface area contributed by atoms with Crippen molar-refractivity contribution in [2.45, 2.75) is 39.2 Å². The van der Waals surface area contributed by atoms with E-state index in [0.717, 1.165) is 32.7 Å². The van der Waals surface area contributed by atoms with E-state index in [2.05, 4.69) is 11.8 Å². The third-order valence-electron chi connectivity index (χ3n) is 4.25. The molecule has 0 aromatic carbocycles. The molecule has 2 aliphatic rings. The Hall–Kier alpha value is -0.410. The first-order valence-electron chi connectivity index (χ1n) is 6.50. The lowest BCUT2D eigenvalue weighted by Crippen LogP contribution is -2.47. The van der Waals surface area contributed by atoms with E-state index >= 15 is 0 Å². The SMILES string of the molecule is CC(=O)C1CC(N2CCOCC2)CCC1C. The second-order valence-corrected chi connectivity index (χ2v) is 5.31. The molecule has 3 heteroatoms. The second kappa shape index (κ2) is 5.28. The van der Waals surface area contributed by atoms with Gasteiger partial charge < -0.3 is 4.74 Å². The minimum atomic E-state index is 0.293. The number of ketones is 1. The smallest absolute Gasteiger partial charge is 0.133 e. The Morgan fingerprint density at radius 2 is 1.94 bits per heavy atom. The highest BCUT2D eigenvalue weighted by Gasteiger charge is 2.33. The lowest BCUT2D eigenvalue weighted by Gasteiger charge is -2.41. The number of Topliss-reactive ketones (excluding diaryl/α,β-unsaturated/α-hetero) is 1. The monoisotopic (exact) mass is 225 g/mol. The summed E-state index contributed by atoms with van der Waals surface area (Å²) in [5, 5.41) is 0. The fourth-order valence-electron chi connectivity index (χ4n) is 3.14. The van der Waals surface area contributed by atoms with Gasteiger partial charge in [-0.15, -0.1) is 0 Å². The molecule has 0 spiro atoms. The summed E-state index contributed by atoms with van der Waals surface area (Å²) < 4.78 is 5.38.